The summed E-state index contributed by atoms with van der Waals surface area (Å²) in [5.41, 5.74) is 3.00. The van der Waals surface area contributed by atoms with E-state index in [1.807, 2.05) is 6.07 Å². The molecular weight excluding hydrogens is 487 g/mol. The van der Waals surface area contributed by atoms with Crippen molar-refractivity contribution in [3.8, 4) is 22.5 Å². The number of amides is 1. The number of benzene rings is 1. The van der Waals surface area contributed by atoms with Gasteiger partial charge < -0.3 is 10.1 Å². The van der Waals surface area contributed by atoms with E-state index >= 15 is 0 Å². The molecule has 0 aliphatic rings. The summed E-state index contributed by atoms with van der Waals surface area (Å²) in [6.07, 6.45) is -4.01. The van der Waals surface area contributed by atoms with Crippen molar-refractivity contribution in [2.45, 2.75) is 25.6 Å². The molecule has 0 fully saturated rings. The van der Waals surface area contributed by atoms with E-state index in [1.165, 1.54) is 19.2 Å². The number of nitrogens with one attached hydrogen (secondary N) is 1. The maximum Gasteiger partial charge on any atom is 0.490 e. The lowest BCUT2D eigenvalue weighted by Gasteiger charge is -2.16. The first kappa shape index (κ1) is 24.1. The van der Waals surface area contributed by atoms with Crippen LogP contribution in [0, 0.1) is 0 Å². The Kier molecular flexibility index (Phi) is 6.70. The van der Waals surface area contributed by atoms with Crippen LogP contribution in [0.25, 0.3) is 28.2 Å². The van der Waals surface area contributed by atoms with Gasteiger partial charge in [0.25, 0.3) is 5.91 Å². The second kappa shape index (κ2) is 9.71. The predicted molar refractivity (Wildman–Crippen MR) is 122 cm³/mol. The van der Waals surface area contributed by atoms with Crippen LogP contribution < -0.4 is 5.32 Å². The first-order valence-electron chi connectivity index (χ1n) is 10.3. The highest BCUT2D eigenvalue weighted by molar-refractivity contribution is 6.30. The third-order valence-electron chi connectivity index (χ3n) is 4.92. The summed E-state index contributed by atoms with van der Waals surface area (Å²) in [6, 6.07) is 13.8. The number of esters is 1. The quantitative estimate of drug-likeness (QED) is 0.374. The van der Waals surface area contributed by atoms with Crippen molar-refractivity contribution in [1.29, 1.82) is 0 Å². The summed E-state index contributed by atoms with van der Waals surface area (Å²) >= 11 is 6.17. The molecule has 0 bridgehead atoms. The van der Waals surface area contributed by atoms with E-state index < -0.39 is 24.2 Å². The van der Waals surface area contributed by atoms with Crippen LogP contribution in [0.2, 0.25) is 5.02 Å². The third kappa shape index (κ3) is 5.24. The zero-order valence-electron chi connectivity index (χ0n) is 18.1. The van der Waals surface area contributed by atoms with E-state index in [0.29, 0.717) is 27.6 Å². The van der Waals surface area contributed by atoms with Crippen LogP contribution in [0.5, 0.6) is 0 Å². The number of halogens is 4. The van der Waals surface area contributed by atoms with Crippen molar-refractivity contribution in [2.24, 2.45) is 0 Å². The first-order chi connectivity index (χ1) is 16.7. The molecule has 0 saturated carbocycles. The van der Waals surface area contributed by atoms with Gasteiger partial charge in [0.15, 0.2) is 11.8 Å². The van der Waals surface area contributed by atoms with E-state index in [1.54, 1.807) is 47.1 Å². The molecule has 1 amide bonds. The average Bonchev–Trinajstić information content (AvgIpc) is 3.21. The minimum absolute atomic E-state index is 0.0388. The molecule has 0 spiro atoms. The number of rotatable bonds is 6. The van der Waals surface area contributed by atoms with Gasteiger partial charge in [0.05, 0.1) is 5.69 Å². The number of fused-ring (bicyclic) bond motifs is 1. The molecule has 1 aromatic carbocycles. The topological polar surface area (TPSA) is 98.5 Å². The highest BCUT2D eigenvalue weighted by Crippen LogP contribution is 2.34. The molecule has 0 aliphatic heterocycles. The minimum atomic E-state index is -5.21. The smallest absolute Gasteiger partial charge is 0.446 e. The fraction of sp³-hybridized carbons (Fsp3) is 0.174. The van der Waals surface area contributed by atoms with Gasteiger partial charge in [-0.25, -0.2) is 19.3 Å². The van der Waals surface area contributed by atoms with Gasteiger partial charge in [-0.15, -0.1) is 0 Å². The van der Waals surface area contributed by atoms with Crippen molar-refractivity contribution in [3.05, 3.63) is 65.9 Å². The van der Waals surface area contributed by atoms with E-state index in [4.69, 9.17) is 11.6 Å². The largest absolute Gasteiger partial charge is 0.490 e. The molecule has 0 aliphatic carbocycles. The molecule has 3 aromatic heterocycles. The molecule has 4 rings (SSSR count). The molecule has 35 heavy (non-hydrogen) atoms. The van der Waals surface area contributed by atoms with Gasteiger partial charge in [0.2, 0.25) is 0 Å². The van der Waals surface area contributed by atoms with Gasteiger partial charge in [-0.1, -0.05) is 30.7 Å². The molecule has 4 aromatic rings. The normalized spacial score (nSPS) is 12.4. The van der Waals surface area contributed by atoms with Crippen molar-refractivity contribution >= 4 is 34.9 Å². The summed E-state index contributed by atoms with van der Waals surface area (Å²) in [4.78, 5) is 32.4. The predicted octanol–water partition coefficient (Wildman–Crippen LogP) is 4.93. The molecule has 12 heteroatoms. The van der Waals surface area contributed by atoms with Gasteiger partial charge in [-0.2, -0.15) is 18.3 Å². The van der Waals surface area contributed by atoms with Crippen molar-refractivity contribution in [3.63, 3.8) is 0 Å². The average molecular weight is 504 g/mol. The Balaban J connectivity index is 1.69. The van der Waals surface area contributed by atoms with Gasteiger partial charge in [0.1, 0.15) is 11.5 Å². The Bertz CT molecular complexity index is 1410. The van der Waals surface area contributed by atoms with Gasteiger partial charge >= 0.3 is 12.1 Å². The molecule has 1 atom stereocenters. The van der Waals surface area contributed by atoms with Gasteiger partial charge in [-0.05, 0) is 42.8 Å². The fourth-order valence-corrected chi connectivity index (χ4v) is 3.55. The van der Waals surface area contributed by atoms with Crippen molar-refractivity contribution in [1.82, 2.24) is 19.6 Å². The third-order valence-corrected chi connectivity index (χ3v) is 5.15. The van der Waals surface area contributed by atoms with Crippen LogP contribution in [0.15, 0.2) is 60.9 Å². The van der Waals surface area contributed by atoms with E-state index in [-0.39, 0.29) is 12.2 Å². The molecule has 0 radical (unpaired) electrons. The SMILES string of the molecule is CCC(OC(=O)C(F)(F)F)C(=O)Nc1cc(-c2c(-c3cccc(Cl)c3)nc3cccnn23)ccn1. The first-order valence-corrected chi connectivity index (χ1v) is 10.7. The second-order valence-corrected chi connectivity index (χ2v) is 7.77. The Hall–Kier alpha value is -3.99. The molecule has 1 N–H and O–H groups in total. The summed E-state index contributed by atoms with van der Waals surface area (Å²) in [6.45, 7) is 1.42. The van der Waals surface area contributed by atoms with Crippen LogP contribution in [-0.4, -0.2) is 43.7 Å². The molecular formula is C23H17ClF3N5O3. The number of pyridine rings is 1. The molecule has 8 nitrogen and oxygen atoms in total. The van der Waals surface area contributed by atoms with E-state index in [2.05, 4.69) is 25.1 Å². The Labute approximate surface area is 201 Å². The number of aromatic nitrogens is 4. The highest BCUT2D eigenvalue weighted by atomic mass is 35.5. The number of hydrogen-bond donors (Lipinski definition) is 1. The Morgan fingerprint density at radius 3 is 2.63 bits per heavy atom. The molecule has 3 heterocycles. The summed E-state index contributed by atoms with van der Waals surface area (Å²) in [7, 11) is 0. The molecule has 180 valence electrons. The lowest BCUT2D eigenvalue weighted by molar-refractivity contribution is -0.204. The Morgan fingerprint density at radius 2 is 1.91 bits per heavy atom. The van der Waals surface area contributed by atoms with Crippen LogP contribution in [-0.2, 0) is 14.3 Å². The van der Waals surface area contributed by atoms with Crippen LogP contribution >= 0.6 is 11.6 Å². The van der Waals surface area contributed by atoms with Crippen molar-refractivity contribution in [2.75, 3.05) is 5.32 Å². The minimum Gasteiger partial charge on any atom is -0.446 e. The van der Waals surface area contributed by atoms with Crippen LogP contribution in [0.4, 0.5) is 19.0 Å². The van der Waals surface area contributed by atoms with Crippen molar-refractivity contribution < 1.29 is 27.5 Å². The monoisotopic (exact) mass is 503 g/mol. The molecule has 0 saturated heterocycles. The number of carbonyl (C=O) groups is 2. The van der Waals surface area contributed by atoms with E-state index in [9.17, 15) is 22.8 Å². The van der Waals surface area contributed by atoms with E-state index in [0.717, 1.165) is 5.56 Å². The number of carbonyl (C=O) groups excluding carboxylic acids is 2. The van der Waals surface area contributed by atoms with Gasteiger partial charge in [0, 0.05) is 28.5 Å². The maximum absolute atomic E-state index is 12.5. The zero-order valence-corrected chi connectivity index (χ0v) is 18.8. The summed E-state index contributed by atoms with van der Waals surface area (Å²) < 4.78 is 43.5. The van der Waals surface area contributed by atoms with Crippen LogP contribution in [0.3, 0.4) is 0 Å². The number of ether oxygens (including phenoxy) is 1. The fourth-order valence-electron chi connectivity index (χ4n) is 3.36. The number of imidazole rings is 1. The zero-order chi connectivity index (χ0) is 25.2. The van der Waals surface area contributed by atoms with Gasteiger partial charge in [-0.3, -0.25) is 4.79 Å². The number of alkyl halides is 3. The number of hydrogen-bond acceptors (Lipinski definition) is 6. The maximum atomic E-state index is 12.5. The highest BCUT2D eigenvalue weighted by Gasteiger charge is 2.43. The summed E-state index contributed by atoms with van der Waals surface area (Å²) in [5.74, 6) is -3.35. The molecule has 1 unspecified atom stereocenters. The number of nitrogens with zero attached hydrogens (tertiary/aromatic N) is 4. The van der Waals surface area contributed by atoms with Crippen LogP contribution in [0.1, 0.15) is 13.3 Å². The lowest BCUT2D eigenvalue weighted by Crippen LogP contribution is -2.37. The standard InChI is InChI=1S/C23H17ClF3N5O3/c1-2-16(35-22(34)23(25,26)27)21(33)30-17-12-14(8-10-28-17)20-19(13-5-3-6-15(24)11-13)31-18-7-4-9-29-32(18)20/h3-12,16H,2H2,1H3,(H,28,30,33). The number of anilines is 1. The second-order valence-electron chi connectivity index (χ2n) is 7.33. The Morgan fingerprint density at radius 1 is 1.11 bits per heavy atom. The lowest BCUT2D eigenvalue weighted by atomic mass is 10.1. The summed E-state index contributed by atoms with van der Waals surface area (Å²) in [5, 5.41) is 7.28.